The minimum Gasteiger partial charge on any atom is -0.319 e. The van der Waals surface area contributed by atoms with Crippen molar-refractivity contribution < 1.29 is 4.79 Å². The number of nitrogens with one attached hydrogen (secondary N) is 1. The average Bonchev–Trinajstić information content (AvgIpc) is 2.65. The van der Waals surface area contributed by atoms with Gasteiger partial charge in [0.15, 0.2) is 0 Å². The summed E-state index contributed by atoms with van der Waals surface area (Å²) >= 11 is 5.86. The lowest BCUT2D eigenvalue weighted by molar-refractivity contribution is 0.101. The van der Waals surface area contributed by atoms with Gasteiger partial charge in [-0.25, -0.2) is 4.68 Å². The van der Waals surface area contributed by atoms with Crippen molar-refractivity contribution in [3.05, 3.63) is 34.6 Å². The number of carbonyl (C=O) groups is 1. The van der Waals surface area contributed by atoms with E-state index in [1.165, 1.54) is 4.68 Å². The number of aromatic nitrogens is 4. The van der Waals surface area contributed by atoms with Gasteiger partial charge >= 0.3 is 0 Å². The Morgan fingerprint density at radius 1 is 1.44 bits per heavy atom. The van der Waals surface area contributed by atoms with Gasteiger partial charge in [0, 0.05) is 10.7 Å². The fraction of sp³-hybridized carbons (Fsp3) is 0.111. The summed E-state index contributed by atoms with van der Waals surface area (Å²) in [7, 11) is 0. The highest BCUT2D eigenvalue weighted by atomic mass is 35.5. The molecule has 1 aliphatic heterocycles. The first-order chi connectivity index (χ1) is 7.74. The van der Waals surface area contributed by atoms with E-state index in [0.29, 0.717) is 17.3 Å². The molecule has 0 fully saturated rings. The van der Waals surface area contributed by atoms with Crippen LogP contribution in [-0.4, -0.2) is 26.1 Å². The SMILES string of the molecule is O=C1Nc2cc(Cl)ccc2Cn2nnnc21. The lowest BCUT2D eigenvalue weighted by Crippen LogP contribution is -2.15. The fourth-order valence-corrected chi connectivity index (χ4v) is 1.79. The first kappa shape index (κ1) is 9.29. The number of nitrogens with zero attached hydrogens (tertiary/aromatic N) is 4. The third-order valence-corrected chi connectivity index (χ3v) is 2.61. The van der Waals surface area contributed by atoms with E-state index in [9.17, 15) is 4.79 Å². The van der Waals surface area contributed by atoms with Crippen LogP contribution in [0.5, 0.6) is 0 Å². The van der Waals surface area contributed by atoms with Crippen LogP contribution in [0.15, 0.2) is 18.2 Å². The molecule has 0 aliphatic carbocycles. The van der Waals surface area contributed by atoms with Gasteiger partial charge < -0.3 is 5.32 Å². The second-order valence-electron chi connectivity index (χ2n) is 3.42. The fourth-order valence-electron chi connectivity index (χ4n) is 1.62. The predicted octanol–water partition coefficient (Wildman–Crippen LogP) is 0.940. The molecule has 80 valence electrons. The van der Waals surface area contributed by atoms with E-state index in [1.54, 1.807) is 12.1 Å². The predicted molar refractivity (Wildman–Crippen MR) is 56.3 cm³/mol. The molecular weight excluding hydrogens is 230 g/mol. The number of benzene rings is 1. The van der Waals surface area contributed by atoms with Crippen molar-refractivity contribution in [2.24, 2.45) is 0 Å². The normalized spacial score (nSPS) is 13.7. The maximum atomic E-state index is 11.7. The summed E-state index contributed by atoms with van der Waals surface area (Å²) in [6, 6.07) is 5.31. The van der Waals surface area contributed by atoms with Crippen LogP contribution >= 0.6 is 11.6 Å². The molecule has 6 nitrogen and oxygen atoms in total. The average molecular weight is 236 g/mol. The molecule has 0 saturated heterocycles. The minimum atomic E-state index is -0.328. The highest BCUT2D eigenvalue weighted by Gasteiger charge is 2.21. The van der Waals surface area contributed by atoms with Gasteiger partial charge in [-0.1, -0.05) is 17.7 Å². The summed E-state index contributed by atoms with van der Waals surface area (Å²) in [6.07, 6.45) is 0. The van der Waals surface area contributed by atoms with Crippen molar-refractivity contribution in [1.82, 2.24) is 20.2 Å². The third-order valence-electron chi connectivity index (χ3n) is 2.38. The zero-order chi connectivity index (χ0) is 11.1. The molecule has 0 unspecified atom stereocenters. The van der Waals surface area contributed by atoms with Crippen LogP contribution in [-0.2, 0) is 6.54 Å². The topological polar surface area (TPSA) is 72.7 Å². The molecule has 1 aliphatic rings. The summed E-state index contributed by atoms with van der Waals surface area (Å²) < 4.78 is 1.45. The molecule has 0 atom stereocenters. The number of amides is 1. The second kappa shape index (κ2) is 3.28. The van der Waals surface area contributed by atoms with Gasteiger partial charge in [-0.3, -0.25) is 4.79 Å². The van der Waals surface area contributed by atoms with E-state index >= 15 is 0 Å². The van der Waals surface area contributed by atoms with Crippen molar-refractivity contribution in [3.63, 3.8) is 0 Å². The summed E-state index contributed by atoms with van der Waals surface area (Å²) in [5.41, 5.74) is 1.61. The summed E-state index contributed by atoms with van der Waals surface area (Å²) in [6.45, 7) is 0.452. The van der Waals surface area contributed by atoms with Gasteiger partial charge in [0.1, 0.15) is 0 Å². The lowest BCUT2D eigenvalue weighted by Gasteiger charge is -2.05. The second-order valence-corrected chi connectivity index (χ2v) is 3.85. The first-order valence-electron chi connectivity index (χ1n) is 4.60. The number of tetrazole rings is 1. The summed E-state index contributed by atoms with van der Waals surface area (Å²) in [4.78, 5) is 11.7. The van der Waals surface area contributed by atoms with Crippen LogP contribution in [0.3, 0.4) is 0 Å². The van der Waals surface area contributed by atoms with Gasteiger partial charge in [-0.15, -0.1) is 5.10 Å². The Morgan fingerprint density at radius 2 is 2.31 bits per heavy atom. The molecule has 1 aromatic heterocycles. The molecule has 16 heavy (non-hydrogen) atoms. The Hall–Kier alpha value is -1.95. The Balaban J connectivity index is 2.16. The van der Waals surface area contributed by atoms with Crippen molar-refractivity contribution >= 4 is 23.2 Å². The standard InChI is InChI=1S/C9H6ClN5O/c10-6-2-1-5-4-15-8(12-13-14-15)9(16)11-7(5)3-6/h1-3H,4H2,(H,11,16). The van der Waals surface area contributed by atoms with Crippen LogP contribution in [0, 0.1) is 0 Å². The Kier molecular flexibility index (Phi) is 1.90. The highest BCUT2D eigenvalue weighted by Crippen LogP contribution is 2.24. The first-order valence-corrected chi connectivity index (χ1v) is 4.98. The number of anilines is 1. The minimum absolute atomic E-state index is 0.201. The van der Waals surface area contributed by atoms with Gasteiger partial charge in [0.25, 0.3) is 5.91 Å². The molecule has 3 rings (SSSR count). The van der Waals surface area contributed by atoms with Gasteiger partial charge in [0.2, 0.25) is 5.82 Å². The van der Waals surface area contributed by atoms with E-state index in [0.717, 1.165) is 5.56 Å². The molecular formula is C9H6ClN5O. The number of hydrogen-bond acceptors (Lipinski definition) is 4. The van der Waals surface area contributed by atoms with E-state index in [4.69, 9.17) is 11.6 Å². The molecule has 0 radical (unpaired) electrons. The molecule has 2 aromatic rings. The van der Waals surface area contributed by atoms with Crippen LogP contribution in [0.1, 0.15) is 16.2 Å². The molecule has 2 heterocycles. The van der Waals surface area contributed by atoms with Gasteiger partial charge in [-0.05, 0) is 28.1 Å². The van der Waals surface area contributed by atoms with E-state index in [-0.39, 0.29) is 11.7 Å². The molecule has 0 saturated carbocycles. The summed E-state index contributed by atoms with van der Waals surface area (Å²) in [5.74, 6) is -0.127. The largest absolute Gasteiger partial charge is 0.319 e. The Bertz CT molecular complexity index is 579. The van der Waals surface area contributed by atoms with Gasteiger partial charge in [0.05, 0.1) is 6.54 Å². The van der Waals surface area contributed by atoms with Crippen molar-refractivity contribution in [2.45, 2.75) is 6.54 Å². The zero-order valence-corrected chi connectivity index (χ0v) is 8.77. The Labute approximate surface area is 95.2 Å². The maximum Gasteiger partial charge on any atom is 0.295 e. The molecule has 0 bridgehead atoms. The summed E-state index contributed by atoms with van der Waals surface area (Å²) in [5, 5.41) is 14.2. The third kappa shape index (κ3) is 1.35. The highest BCUT2D eigenvalue weighted by molar-refractivity contribution is 6.31. The van der Waals surface area contributed by atoms with Crippen LogP contribution < -0.4 is 5.32 Å². The molecule has 1 amide bonds. The van der Waals surface area contributed by atoms with E-state index in [2.05, 4.69) is 20.8 Å². The molecule has 1 aromatic carbocycles. The number of hydrogen-bond donors (Lipinski definition) is 1. The van der Waals surface area contributed by atoms with Crippen LogP contribution in [0.4, 0.5) is 5.69 Å². The maximum absolute atomic E-state index is 11.7. The van der Waals surface area contributed by atoms with E-state index in [1.807, 2.05) is 6.07 Å². The number of rotatable bonds is 0. The quantitative estimate of drug-likeness (QED) is 0.738. The number of halogens is 1. The van der Waals surface area contributed by atoms with Crippen LogP contribution in [0.25, 0.3) is 0 Å². The van der Waals surface area contributed by atoms with E-state index < -0.39 is 0 Å². The Morgan fingerprint density at radius 3 is 3.19 bits per heavy atom. The monoisotopic (exact) mass is 235 g/mol. The van der Waals surface area contributed by atoms with Crippen molar-refractivity contribution in [3.8, 4) is 0 Å². The van der Waals surface area contributed by atoms with Crippen molar-refractivity contribution in [2.75, 3.05) is 5.32 Å². The van der Waals surface area contributed by atoms with Crippen molar-refractivity contribution in [1.29, 1.82) is 0 Å². The lowest BCUT2D eigenvalue weighted by atomic mass is 10.2. The smallest absolute Gasteiger partial charge is 0.295 e. The molecule has 0 spiro atoms. The molecule has 7 heteroatoms. The number of fused-ring (bicyclic) bond motifs is 2. The zero-order valence-electron chi connectivity index (χ0n) is 8.01. The molecule has 1 N–H and O–H groups in total. The van der Waals surface area contributed by atoms with Gasteiger partial charge in [-0.2, -0.15) is 0 Å². The number of carbonyl (C=O) groups excluding carboxylic acids is 1. The van der Waals surface area contributed by atoms with Crippen LogP contribution in [0.2, 0.25) is 5.02 Å².